The molecule has 5 heteroatoms. The molecule has 1 aliphatic rings. The molecule has 1 aliphatic carbocycles. The zero-order valence-corrected chi connectivity index (χ0v) is 11.0. The summed E-state index contributed by atoms with van der Waals surface area (Å²) in [7, 11) is -1.52. The first-order valence-corrected chi connectivity index (χ1v) is 7.58. The van der Waals surface area contributed by atoms with E-state index >= 15 is 0 Å². The number of aliphatic hydroxyl groups is 1. The number of aliphatic hydroxyl groups excluding tert-OH is 1. The van der Waals surface area contributed by atoms with Gasteiger partial charge in [-0.1, -0.05) is 19.3 Å². The average molecular weight is 249 g/mol. The Morgan fingerprint density at radius 3 is 2.38 bits per heavy atom. The van der Waals surface area contributed by atoms with Crippen molar-refractivity contribution in [2.24, 2.45) is 0 Å². The van der Waals surface area contributed by atoms with Crippen LogP contribution in [0.1, 0.15) is 45.4 Å². The van der Waals surface area contributed by atoms with Crippen LogP contribution in [-0.2, 0) is 10.0 Å². The summed E-state index contributed by atoms with van der Waals surface area (Å²) in [5.41, 5.74) is 0. The van der Waals surface area contributed by atoms with E-state index in [4.69, 9.17) is 5.11 Å². The van der Waals surface area contributed by atoms with Gasteiger partial charge in [0, 0.05) is 13.6 Å². The molecule has 16 heavy (non-hydrogen) atoms. The molecule has 1 fully saturated rings. The molecule has 1 saturated carbocycles. The van der Waals surface area contributed by atoms with Crippen LogP contribution in [0.3, 0.4) is 0 Å². The summed E-state index contributed by atoms with van der Waals surface area (Å²) in [6.45, 7) is 2.09. The molecule has 0 saturated heterocycles. The van der Waals surface area contributed by atoms with Crippen LogP contribution >= 0.6 is 0 Å². The van der Waals surface area contributed by atoms with Crippen molar-refractivity contribution >= 4 is 10.0 Å². The summed E-state index contributed by atoms with van der Waals surface area (Å²) in [4.78, 5) is 0. The lowest BCUT2D eigenvalue weighted by Gasteiger charge is -2.27. The molecule has 0 aromatic heterocycles. The van der Waals surface area contributed by atoms with Gasteiger partial charge in [-0.05, 0) is 26.2 Å². The Balaban J connectivity index is 2.54. The molecule has 0 heterocycles. The minimum atomic E-state index is -3.14. The molecule has 1 N–H and O–H groups in total. The van der Waals surface area contributed by atoms with E-state index in [1.165, 1.54) is 4.31 Å². The Bertz CT molecular complexity index is 294. The Morgan fingerprint density at radius 1 is 1.31 bits per heavy atom. The van der Waals surface area contributed by atoms with E-state index in [-0.39, 0.29) is 5.25 Å². The highest BCUT2D eigenvalue weighted by molar-refractivity contribution is 7.89. The first-order chi connectivity index (χ1) is 7.44. The van der Waals surface area contributed by atoms with E-state index < -0.39 is 16.1 Å². The van der Waals surface area contributed by atoms with Gasteiger partial charge >= 0.3 is 0 Å². The summed E-state index contributed by atoms with van der Waals surface area (Å²) < 4.78 is 25.7. The third-order valence-electron chi connectivity index (χ3n) is 3.27. The topological polar surface area (TPSA) is 57.6 Å². The van der Waals surface area contributed by atoms with E-state index in [0.717, 1.165) is 32.1 Å². The second-order valence-electron chi connectivity index (χ2n) is 4.76. The predicted molar refractivity (Wildman–Crippen MR) is 64.7 cm³/mol. The SMILES string of the molecule is CC(O)CCN(C)S(=O)(=O)C1CCCCC1. The van der Waals surface area contributed by atoms with Crippen LogP contribution in [0, 0.1) is 0 Å². The molecular formula is C11H23NO3S. The third kappa shape index (κ3) is 3.71. The van der Waals surface area contributed by atoms with Crippen LogP contribution in [0.5, 0.6) is 0 Å². The summed E-state index contributed by atoms with van der Waals surface area (Å²) in [6, 6.07) is 0. The first-order valence-electron chi connectivity index (χ1n) is 6.08. The predicted octanol–water partition coefficient (Wildman–Crippen LogP) is 1.35. The Labute approximate surface area is 98.7 Å². The van der Waals surface area contributed by atoms with Crippen LogP contribution in [0.25, 0.3) is 0 Å². The zero-order chi connectivity index (χ0) is 12.2. The lowest BCUT2D eigenvalue weighted by molar-refractivity contribution is 0.177. The van der Waals surface area contributed by atoms with Crippen LogP contribution in [0.2, 0.25) is 0 Å². The maximum absolute atomic E-state index is 12.1. The van der Waals surface area contributed by atoms with Crippen molar-refractivity contribution in [3.05, 3.63) is 0 Å². The smallest absolute Gasteiger partial charge is 0.216 e. The molecule has 0 aromatic carbocycles. The Kier molecular flexibility index (Phi) is 5.21. The maximum atomic E-state index is 12.1. The minimum absolute atomic E-state index is 0.194. The van der Waals surface area contributed by atoms with E-state index in [2.05, 4.69) is 0 Å². The molecule has 1 unspecified atom stereocenters. The van der Waals surface area contributed by atoms with E-state index in [1.807, 2.05) is 0 Å². The van der Waals surface area contributed by atoms with Crippen LogP contribution in [0.4, 0.5) is 0 Å². The highest BCUT2D eigenvalue weighted by Gasteiger charge is 2.30. The molecular weight excluding hydrogens is 226 g/mol. The highest BCUT2D eigenvalue weighted by atomic mass is 32.2. The molecule has 0 spiro atoms. The lowest BCUT2D eigenvalue weighted by Crippen LogP contribution is -2.38. The van der Waals surface area contributed by atoms with Crippen molar-refractivity contribution in [2.75, 3.05) is 13.6 Å². The molecule has 96 valence electrons. The van der Waals surface area contributed by atoms with Gasteiger partial charge < -0.3 is 5.11 Å². The molecule has 0 aliphatic heterocycles. The van der Waals surface area contributed by atoms with E-state index in [0.29, 0.717) is 13.0 Å². The lowest BCUT2D eigenvalue weighted by atomic mass is 10.0. The first kappa shape index (κ1) is 13.9. The number of nitrogens with zero attached hydrogens (tertiary/aromatic N) is 1. The Hall–Kier alpha value is -0.130. The van der Waals surface area contributed by atoms with Gasteiger partial charge in [-0.15, -0.1) is 0 Å². The molecule has 0 bridgehead atoms. The van der Waals surface area contributed by atoms with E-state index in [1.54, 1.807) is 14.0 Å². The minimum Gasteiger partial charge on any atom is -0.393 e. The monoisotopic (exact) mass is 249 g/mol. The van der Waals surface area contributed by atoms with Gasteiger partial charge in [0.15, 0.2) is 0 Å². The molecule has 0 radical (unpaired) electrons. The second-order valence-corrected chi connectivity index (χ2v) is 7.08. The van der Waals surface area contributed by atoms with Crippen molar-refractivity contribution in [2.45, 2.75) is 56.8 Å². The van der Waals surface area contributed by atoms with Crippen LogP contribution < -0.4 is 0 Å². The number of sulfonamides is 1. The van der Waals surface area contributed by atoms with Crippen molar-refractivity contribution in [3.63, 3.8) is 0 Å². The molecule has 0 aromatic rings. The van der Waals surface area contributed by atoms with Crippen molar-refractivity contribution in [1.82, 2.24) is 4.31 Å². The summed E-state index contributed by atoms with van der Waals surface area (Å²) in [5.74, 6) is 0. The van der Waals surface area contributed by atoms with E-state index in [9.17, 15) is 8.42 Å². The fourth-order valence-electron chi connectivity index (χ4n) is 2.11. The number of rotatable bonds is 5. The second kappa shape index (κ2) is 5.98. The Morgan fingerprint density at radius 2 is 1.88 bits per heavy atom. The van der Waals surface area contributed by atoms with Gasteiger partial charge in [0.25, 0.3) is 0 Å². The van der Waals surface area contributed by atoms with Gasteiger partial charge in [-0.2, -0.15) is 0 Å². The largest absolute Gasteiger partial charge is 0.393 e. The van der Waals surface area contributed by atoms with Gasteiger partial charge in [0.1, 0.15) is 0 Å². The third-order valence-corrected chi connectivity index (χ3v) is 5.63. The van der Waals surface area contributed by atoms with Crippen molar-refractivity contribution in [1.29, 1.82) is 0 Å². The zero-order valence-electron chi connectivity index (χ0n) is 10.2. The standard InChI is InChI=1S/C11H23NO3S/c1-10(13)8-9-12(2)16(14,15)11-6-4-3-5-7-11/h10-11,13H,3-9H2,1-2H3. The van der Waals surface area contributed by atoms with Gasteiger partial charge in [0.2, 0.25) is 10.0 Å². The molecule has 4 nitrogen and oxygen atoms in total. The normalized spacial score (nSPS) is 21.2. The van der Waals surface area contributed by atoms with Crippen LogP contribution in [0.15, 0.2) is 0 Å². The van der Waals surface area contributed by atoms with Crippen LogP contribution in [-0.4, -0.2) is 42.8 Å². The molecule has 1 atom stereocenters. The molecule has 1 rings (SSSR count). The van der Waals surface area contributed by atoms with Crippen molar-refractivity contribution < 1.29 is 13.5 Å². The number of hydrogen-bond donors (Lipinski definition) is 1. The molecule has 0 amide bonds. The highest BCUT2D eigenvalue weighted by Crippen LogP contribution is 2.25. The number of hydrogen-bond acceptors (Lipinski definition) is 3. The maximum Gasteiger partial charge on any atom is 0.216 e. The summed E-state index contributed by atoms with van der Waals surface area (Å²) in [5, 5.41) is 8.96. The average Bonchev–Trinajstić information content (AvgIpc) is 2.27. The summed E-state index contributed by atoms with van der Waals surface area (Å²) in [6.07, 6.45) is 4.85. The quantitative estimate of drug-likeness (QED) is 0.800. The summed E-state index contributed by atoms with van der Waals surface area (Å²) >= 11 is 0. The van der Waals surface area contributed by atoms with Crippen molar-refractivity contribution in [3.8, 4) is 0 Å². The van der Waals surface area contributed by atoms with Gasteiger partial charge in [-0.3, -0.25) is 0 Å². The van der Waals surface area contributed by atoms with Gasteiger partial charge in [-0.25, -0.2) is 12.7 Å². The van der Waals surface area contributed by atoms with Gasteiger partial charge in [0.05, 0.1) is 11.4 Å². The fraction of sp³-hybridized carbons (Fsp3) is 1.00. The fourth-order valence-corrected chi connectivity index (χ4v) is 3.91.